The van der Waals surface area contributed by atoms with E-state index in [2.05, 4.69) is 6.58 Å². The van der Waals surface area contributed by atoms with E-state index in [-0.39, 0.29) is 12.2 Å². The molecule has 1 heterocycles. The van der Waals surface area contributed by atoms with Gasteiger partial charge in [0.15, 0.2) is 5.79 Å². The number of carbonyl (C=O) groups is 1. The van der Waals surface area contributed by atoms with Crippen LogP contribution in [-0.2, 0) is 19.0 Å². The van der Waals surface area contributed by atoms with Crippen molar-refractivity contribution in [2.24, 2.45) is 0 Å². The standard InChI is InChI=1S/C10H16O4/c1-5-9(11)13-7(2)8-6-12-10(3,4)14-8/h5,7-8H,1,6H2,2-4H3. The van der Waals surface area contributed by atoms with Crippen molar-refractivity contribution in [2.45, 2.75) is 38.8 Å². The molecule has 14 heavy (non-hydrogen) atoms. The maximum atomic E-state index is 10.9. The van der Waals surface area contributed by atoms with Gasteiger partial charge in [-0.3, -0.25) is 0 Å². The molecule has 0 aromatic carbocycles. The van der Waals surface area contributed by atoms with Gasteiger partial charge in [0.2, 0.25) is 0 Å². The zero-order valence-electron chi connectivity index (χ0n) is 8.78. The summed E-state index contributed by atoms with van der Waals surface area (Å²) in [6, 6.07) is 0. The molecule has 0 aromatic heterocycles. The zero-order valence-corrected chi connectivity index (χ0v) is 8.78. The highest BCUT2D eigenvalue weighted by atomic mass is 16.7. The van der Waals surface area contributed by atoms with Crippen molar-refractivity contribution in [1.82, 2.24) is 0 Å². The van der Waals surface area contributed by atoms with Gasteiger partial charge in [-0.05, 0) is 20.8 Å². The SMILES string of the molecule is C=CC(=O)OC(C)C1COC(C)(C)O1. The van der Waals surface area contributed by atoms with E-state index < -0.39 is 11.8 Å². The summed E-state index contributed by atoms with van der Waals surface area (Å²) < 4.78 is 15.9. The molecule has 0 bridgehead atoms. The average molecular weight is 200 g/mol. The third kappa shape index (κ3) is 2.82. The lowest BCUT2D eigenvalue weighted by molar-refractivity contribution is -0.165. The Bertz CT molecular complexity index is 234. The maximum Gasteiger partial charge on any atom is 0.330 e. The lowest BCUT2D eigenvalue weighted by Gasteiger charge is -2.20. The van der Waals surface area contributed by atoms with Gasteiger partial charge in [0.05, 0.1) is 6.61 Å². The Hall–Kier alpha value is -0.870. The second kappa shape index (κ2) is 4.11. The molecule has 80 valence electrons. The fourth-order valence-corrected chi connectivity index (χ4v) is 1.25. The Morgan fingerprint density at radius 2 is 2.36 bits per heavy atom. The van der Waals surface area contributed by atoms with Gasteiger partial charge in [-0.2, -0.15) is 0 Å². The fourth-order valence-electron chi connectivity index (χ4n) is 1.25. The molecule has 1 fully saturated rings. The molecule has 0 radical (unpaired) electrons. The molecule has 1 aliphatic heterocycles. The van der Waals surface area contributed by atoms with Crippen LogP contribution in [0.3, 0.4) is 0 Å². The van der Waals surface area contributed by atoms with Crippen molar-refractivity contribution in [2.75, 3.05) is 6.61 Å². The largest absolute Gasteiger partial charge is 0.457 e. The van der Waals surface area contributed by atoms with Crippen LogP contribution in [0.15, 0.2) is 12.7 Å². The molecule has 2 unspecified atom stereocenters. The number of rotatable bonds is 3. The minimum atomic E-state index is -0.584. The van der Waals surface area contributed by atoms with E-state index in [1.165, 1.54) is 0 Å². The summed E-state index contributed by atoms with van der Waals surface area (Å²) in [6.45, 7) is 9.20. The molecule has 1 rings (SSSR count). The van der Waals surface area contributed by atoms with Crippen LogP contribution in [0.2, 0.25) is 0 Å². The first kappa shape index (κ1) is 11.2. The van der Waals surface area contributed by atoms with E-state index >= 15 is 0 Å². The van der Waals surface area contributed by atoms with Crippen molar-refractivity contribution in [3.05, 3.63) is 12.7 Å². The molecule has 0 aromatic rings. The average Bonchev–Trinajstić information content (AvgIpc) is 2.46. The molecular formula is C10H16O4. The molecule has 2 atom stereocenters. The van der Waals surface area contributed by atoms with Crippen molar-refractivity contribution >= 4 is 5.97 Å². The summed E-state index contributed by atoms with van der Waals surface area (Å²) >= 11 is 0. The van der Waals surface area contributed by atoms with E-state index in [1.807, 2.05) is 13.8 Å². The fraction of sp³-hybridized carbons (Fsp3) is 0.700. The molecule has 0 amide bonds. The van der Waals surface area contributed by atoms with E-state index in [0.29, 0.717) is 6.61 Å². The Morgan fingerprint density at radius 1 is 1.71 bits per heavy atom. The van der Waals surface area contributed by atoms with Crippen LogP contribution in [0.25, 0.3) is 0 Å². The second-order valence-electron chi connectivity index (χ2n) is 3.71. The first-order valence-corrected chi connectivity index (χ1v) is 4.59. The number of hydrogen-bond acceptors (Lipinski definition) is 4. The molecule has 0 saturated carbocycles. The van der Waals surface area contributed by atoms with Crippen molar-refractivity contribution in [3.63, 3.8) is 0 Å². The third-order valence-electron chi connectivity index (χ3n) is 2.02. The van der Waals surface area contributed by atoms with Gasteiger partial charge in [0.25, 0.3) is 0 Å². The summed E-state index contributed by atoms with van der Waals surface area (Å²) in [5.74, 6) is -1.02. The van der Waals surface area contributed by atoms with Crippen LogP contribution in [0.5, 0.6) is 0 Å². The van der Waals surface area contributed by atoms with Crippen LogP contribution < -0.4 is 0 Å². The highest BCUT2D eigenvalue weighted by Gasteiger charge is 2.36. The Kier molecular flexibility index (Phi) is 3.29. The van der Waals surface area contributed by atoms with Gasteiger partial charge >= 0.3 is 5.97 Å². The molecule has 4 heteroatoms. The van der Waals surface area contributed by atoms with Crippen molar-refractivity contribution < 1.29 is 19.0 Å². The van der Waals surface area contributed by atoms with Gasteiger partial charge < -0.3 is 14.2 Å². The number of carbonyl (C=O) groups excluding carboxylic acids is 1. The smallest absolute Gasteiger partial charge is 0.330 e. The summed E-state index contributed by atoms with van der Waals surface area (Å²) in [4.78, 5) is 10.9. The van der Waals surface area contributed by atoms with E-state index in [4.69, 9.17) is 14.2 Å². The van der Waals surface area contributed by atoms with E-state index in [1.54, 1.807) is 6.92 Å². The topological polar surface area (TPSA) is 44.8 Å². The van der Waals surface area contributed by atoms with Crippen LogP contribution in [0, 0.1) is 0 Å². The number of esters is 1. The van der Waals surface area contributed by atoms with Gasteiger partial charge in [-0.15, -0.1) is 0 Å². The van der Waals surface area contributed by atoms with Crippen molar-refractivity contribution in [1.29, 1.82) is 0 Å². The Balaban J connectivity index is 2.43. The summed E-state index contributed by atoms with van der Waals surface area (Å²) in [6.07, 6.45) is 0.619. The predicted octanol–water partition coefficient (Wildman–Crippen LogP) is 1.26. The van der Waals surface area contributed by atoms with Gasteiger partial charge in [-0.25, -0.2) is 4.79 Å². The highest BCUT2D eigenvalue weighted by Crippen LogP contribution is 2.25. The Labute approximate surface area is 83.8 Å². The van der Waals surface area contributed by atoms with Crippen molar-refractivity contribution in [3.8, 4) is 0 Å². The van der Waals surface area contributed by atoms with Gasteiger partial charge in [-0.1, -0.05) is 6.58 Å². The predicted molar refractivity (Wildman–Crippen MR) is 50.7 cm³/mol. The molecule has 0 spiro atoms. The first-order chi connectivity index (χ1) is 6.44. The zero-order chi connectivity index (χ0) is 10.8. The minimum absolute atomic E-state index is 0.200. The van der Waals surface area contributed by atoms with E-state index in [0.717, 1.165) is 6.08 Å². The van der Waals surface area contributed by atoms with E-state index in [9.17, 15) is 4.79 Å². The molecule has 0 aliphatic carbocycles. The summed E-state index contributed by atoms with van der Waals surface area (Å²) in [7, 11) is 0. The normalized spacial score (nSPS) is 26.9. The number of ether oxygens (including phenoxy) is 3. The first-order valence-electron chi connectivity index (χ1n) is 4.59. The lowest BCUT2D eigenvalue weighted by Crippen LogP contribution is -2.31. The van der Waals surface area contributed by atoms with Crippen LogP contribution in [0.4, 0.5) is 0 Å². The highest BCUT2D eigenvalue weighted by molar-refractivity contribution is 5.81. The lowest BCUT2D eigenvalue weighted by atomic mass is 10.2. The van der Waals surface area contributed by atoms with Gasteiger partial charge in [0.1, 0.15) is 12.2 Å². The molecule has 1 aliphatic rings. The molecule has 4 nitrogen and oxygen atoms in total. The van der Waals surface area contributed by atoms with Crippen LogP contribution in [-0.4, -0.2) is 30.6 Å². The monoisotopic (exact) mass is 200 g/mol. The Morgan fingerprint density at radius 3 is 2.79 bits per heavy atom. The van der Waals surface area contributed by atoms with Crippen LogP contribution >= 0.6 is 0 Å². The quantitative estimate of drug-likeness (QED) is 0.508. The maximum absolute atomic E-state index is 10.9. The summed E-state index contributed by atoms with van der Waals surface area (Å²) in [5, 5.41) is 0. The molecule has 0 N–H and O–H groups in total. The summed E-state index contributed by atoms with van der Waals surface area (Å²) in [5.41, 5.74) is 0. The molecule has 1 saturated heterocycles. The third-order valence-corrected chi connectivity index (χ3v) is 2.02. The van der Waals surface area contributed by atoms with Crippen LogP contribution in [0.1, 0.15) is 20.8 Å². The second-order valence-corrected chi connectivity index (χ2v) is 3.71. The van der Waals surface area contributed by atoms with Gasteiger partial charge in [0, 0.05) is 6.08 Å². The molecular weight excluding hydrogens is 184 g/mol. The number of hydrogen-bond donors (Lipinski definition) is 0. The minimum Gasteiger partial charge on any atom is -0.457 e.